The van der Waals surface area contributed by atoms with Crippen molar-refractivity contribution in [1.82, 2.24) is 0 Å². The number of fused-ring (bicyclic) bond motifs is 1. The number of amides is 2. The van der Waals surface area contributed by atoms with Crippen LogP contribution in [0.1, 0.15) is 26.3 Å². The average Bonchev–Trinajstić information content (AvgIpc) is 2.75. The van der Waals surface area contributed by atoms with E-state index in [0.717, 1.165) is 4.90 Å². The number of hydrogen-bond donors (Lipinski definition) is 0. The van der Waals surface area contributed by atoms with Crippen molar-refractivity contribution in [2.45, 2.75) is 0 Å². The van der Waals surface area contributed by atoms with Gasteiger partial charge in [0.1, 0.15) is 11.6 Å². The first-order valence-corrected chi connectivity index (χ1v) is 7.20. The fourth-order valence-corrected chi connectivity index (χ4v) is 3.15. The molecule has 0 saturated heterocycles. The lowest BCUT2D eigenvalue weighted by atomic mass is 10.1. The van der Waals surface area contributed by atoms with E-state index in [4.69, 9.17) is 11.6 Å². The van der Waals surface area contributed by atoms with Crippen molar-refractivity contribution < 1.29 is 14.0 Å². The standard InChI is InChI=1S/C15H5BrClFN2O2/c16-10-5-11(17)13(9(6-19)12(10)18)20-14(21)7-3-1-2-4-8(7)15(20)22/h1-5H. The first-order chi connectivity index (χ1) is 10.5. The van der Waals surface area contributed by atoms with E-state index in [9.17, 15) is 19.2 Å². The van der Waals surface area contributed by atoms with Gasteiger partial charge in [-0.05, 0) is 34.1 Å². The zero-order valence-corrected chi connectivity index (χ0v) is 13.1. The van der Waals surface area contributed by atoms with Crippen LogP contribution in [-0.2, 0) is 0 Å². The third kappa shape index (κ3) is 1.94. The molecule has 108 valence electrons. The van der Waals surface area contributed by atoms with Gasteiger partial charge >= 0.3 is 0 Å². The van der Waals surface area contributed by atoms with Crippen molar-refractivity contribution in [2.24, 2.45) is 0 Å². The predicted octanol–water partition coefficient (Wildman–Crippen LogP) is 3.91. The van der Waals surface area contributed by atoms with Crippen molar-refractivity contribution in [3.63, 3.8) is 0 Å². The molecule has 2 amide bonds. The van der Waals surface area contributed by atoms with E-state index in [2.05, 4.69) is 15.9 Å². The molecule has 7 heteroatoms. The highest BCUT2D eigenvalue weighted by atomic mass is 79.9. The molecular formula is C15H5BrClFN2O2. The van der Waals surface area contributed by atoms with Gasteiger partial charge in [-0.3, -0.25) is 9.59 Å². The van der Waals surface area contributed by atoms with Crippen molar-refractivity contribution >= 4 is 45.0 Å². The lowest BCUT2D eigenvalue weighted by Crippen LogP contribution is -2.30. The molecule has 0 atom stereocenters. The fraction of sp³-hybridized carbons (Fsp3) is 0. The molecule has 0 fully saturated rings. The van der Waals surface area contributed by atoms with Crippen LogP contribution in [-0.4, -0.2) is 11.8 Å². The molecule has 22 heavy (non-hydrogen) atoms. The van der Waals surface area contributed by atoms with Crippen LogP contribution in [0.25, 0.3) is 0 Å². The maximum Gasteiger partial charge on any atom is 0.266 e. The minimum Gasteiger partial charge on any atom is -0.268 e. The summed E-state index contributed by atoms with van der Waals surface area (Å²) in [5.74, 6) is -2.15. The molecule has 0 unspecified atom stereocenters. The summed E-state index contributed by atoms with van der Waals surface area (Å²) in [6, 6.07) is 9.07. The Kier molecular flexibility index (Phi) is 3.47. The summed E-state index contributed by atoms with van der Waals surface area (Å²) < 4.78 is 14.1. The second-order valence-corrected chi connectivity index (χ2v) is 5.74. The number of imide groups is 1. The highest BCUT2D eigenvalue weighted by Crippen LogP contribution is 2.39. The second-order valence-electron chi connectivity index (χ2n) is 4.48. The molecule has 0 radical (unpaired) electrons. The van der Waals surface area contributed by atoms with Gasteiger partial charge in [-0.15, -0.1) is 0 Å². The number of nitriles is 1. The number of halogens is 3. The van der Waals surface area contributed by atoms with E-state index in [0.29, 0.717) is 0 Å². The number of rotatable bonds is 1. The Labute approximate surface area is 137 Å². The maximum absolute atomic E-state index is 14.1. The minimum atomic E-state index is -0.876. The Morgan fingerprint density at radius 3 is 2.23 bits per heavy atom. The maximum atomic E-state index is 14.1. The Morgan fingerprint density at radius 1 is 1.18 bits per heavy atom. The lowest BCUT2D eigenvalue weighted by molar-refractivity contribution is 0.0926. The van der Waals surface area contributed by atoms with Crippen LogP contribution in [0.2, 0.25) is 5.02 Å². The van der Waals surface area contributed by atoms with Crippen LogP contribution in [0, 0.1) is 17.1 Å². The summed E-state index contributed by atoms with van der Waals surface area (Å²) in [6.07, 6.45) is 0. The van der Waals surface area contributed by atoms with E-state index < -0.39 is 23.2 Å². The zero-order chi connectivity index (χ0) is 16.0. The highest BCUT2D eigenvalue weighted by Gasteiger charge is 2.39. The number of carbonyl (C=O) groups is 2. The van der Waals surface area contributed by atoms with Crippen molar-refractivity contribution in [3.8, 4) is 6.07 Å². The van der Waals surface area contributed by atoms with Gasteiger partial charge in [0.2, 0.25) is 0 Å². The second kappa shape index (κ2) is 5.20. The summed E-state index contributed by atoms with van der Waals surface area (Å²) in [4.78, 5) is 25.6. The van der Waals surface area contributed by atoms with E-state index >= 15 is 0 Å². The summed E-state index contributed by atoms with van der Waals surface area (Å²) in [5, 5.41) is 9.11. The van der Waals surface area contributed by atoms with E-state index in [1.165, 1.54) is 18.2 Å². The van der Waals surface area contributed by atoms with Crippen LogP contribution in [0.4, 0.5) is 10.1 Å². The molecule has 1 aliphatic rings. The Hall–Kier alpha value is -2.23. The monoisotopic (exact) mass is 378 g/mol. The molecule has 0 saturated carbocycles. The number of carbonyl (C=O) groups excluding carboxylic acids is 2. The normalized spacial score (nSPS) is 13.3. The van der Waals surface area contributed by atoms with Crippen LogP contribution in [0.3, 0.4) is 0 Å². The van der Waals surface area contributed by atoms with E-state index in [1.807, 2.05) is 0 Å². The van der Waals surface area contributed by atoms with Gasteiger partial charge in [-0.25, -0.2) is 9.29 Å². The molecule has 1 heterocycles. The van der Waals surface area contributed by atoms with Crippen molar-refractivity contribution in [3.05, 3.63) is 62.3 Å². The summed E-state index contributed by atoms with van der Waals surface area (Å²) in [7, 11) is 0. The molecule has 2 aromatic carbocycles. The molecule has 0 spiro atoms. The summed E-state index contributed by atoms with van der Waals surface area (Å²) in [5.41, 5.74) is -0.323. The summed E-state index contributed by atoms with van der Waals surface area (Å²) in [6.45, 7) is 0. The molecule has 0 N–H and O–H groups in total. The highest BCUT2D eigenvalue weighted by molar-refractivity contribution is 9.10. The van der Waals surface area contributed by atoms with E-state index in [-0.39, 0.29) is 26.3 Å². The van der Waals surface area contributed by atoms with Gasteiger partial charge in [0.25, 0.3) is 11.8 Å². The Morgan fingerprint density at radius 2 is 1.73 bits per heavy atom. The zero-order valence-electron chi connectivity index (χ0n) is 10.7. The smallest absolute Gasteiger partial charge is 0.266 e. The van der Waals surface area contributed by atoms with E-state index in [1.54, 1.807) is 18.2 Å². The number of benzene rings is 2. The Bertz CT molecular complexity index is 857. The van der Waals surface area contributed by atoms with Gasteiger partial charge < -0.3 is 0 Å². The molecular weight excluding hydrogens is 375 g/mol. The molecule has 0 aliphatic carbocycles. The van der Waals surface area contributed by atoms with Crippen LogP contribution >= 0.6 is 27.5 Å². The largest absolute Gasteiger partial charge is 0.268 e. The number of anilines is 1. The van der Waals surface area contributed by atoms with Crippen molar-refractivity contribution in [2.75, 3.05) is 4.90 Å². The van der Waals surface area contributed by atoms with Crippen molar-refractivity contribution in [1.29, 1.82) is 5.26 Å². The predicted molar refractivity (Wildman–Crippen MR) is 81.4 cm³/mol. The third-order valence-corrected chi connectivity index (χ3v) is 4.14. The number of hydrogen-bond acceptors (Lipinski definition) is 3. The van der Waals surface area contributed by atoms with Crippen LogP contribution < -0.4 is 4.90 Å². The quantitative estimate of drug-likeness (QED) is 0.557. The first kappa shape index (κ1) is 14.7. The molecule has 4 nitrogen and oxygen atoms in total. The van der Waals surface area contributed by atoms with Gasteiger partial charge in [0, 0.05) is 0 Å². The average molecular weight is 380 g/mol. The first-order valence-electron chi connectivity index (χ1n) is 6.02. The van der Waals surface area contributed by atoms with Gasteiger partial charge in [-0.1, -0.05) is 23.7 Å². The molecule has 0 bridgehead atoms. The molecule has 2 aromatic rings. The Balaban J connectivity index is 2.28. The molecule has 0 aromatic heterocycles. The third-order valence-electron chi connectivity index (χ3n) is 3.28. The molecule has 3 rings (SSSR count). The SMILES string of the molecule is N#Cc1c(F)c(Br)cc(Cl)c1N1C(=O)c2ccccc2C1=O. The van der Waals surface area contributed by atoms with Gasteiger partial charge in [-0.2, -0.15) is 5.26 Å². The molecule has 1 aliphatic heterocycles. The minimum absolute atomic E-state index is 0.0191. The summed E-state index contributed by atoms with van der Waals surface area (Å²) >= 11 is 8.99. The topological polar surface area (TPSA) is 61.2 Å². The number of nitrogens with zero attached hydrogens (tertiary/aromatic N) is 2. The van der Waals surface area contributed by atoms with Crippen LogP contribution in [0.15, 0.2) is 34.8 Å². The van der Waals surface area contributed by atoms with Crippen LogP contribution in [0.5, 0.6) is 0 Å². The fourth-order valence-electron chi connectivity index (χ4n) is 2.30. The lowest BCUT2D eigenvalue weighted by Gasteiger charge is -2.18. The van der Waals surface area contributed by atoms with Gasteiger partial charge in [0.05, 0.1) is 26.3 Å². The van der Waals surface area contributed by atoms with Gasteiger partial charge in [0.15, 0.2) is 5.82 Å².